The van der Waals surface area contributed by atoms with Gasteiger partial charge in [0.15, 0.2) is 11.6 Å². The molecular weight excluding hydrogens is 286 g/mol. The molecule has 0 bridgehead atoms. The number of hydrogen-bond acceptors (Lipinski definition) is 5. The standard InChI is InChI=1S/C18H31N5/c19-16-17(22-14-9-5-1-2-6-10-14)20-13-21-18(16)23-15-11-7-3-4-8-12-15/h13-15H,1-12,19H2,(H2,20,21,22,23). The second kappa shape index (κ2) is 8.37. The molecule has 5 heteroatoms. The maximum Gasteiger partial charge on any atom is 0.155 e. The minimum absolute atomic E-state index is 0.500. The Kier molecular flexibility index (Phi) is 5.94. The van der Waals surface area contributed by atoms with Gasteiger partial charge in [-0.15, -0.1) is 0 Å². The van der Waals surface area contributed by atoms with Crippen molar-refractivity contribution in [2.75, 3.05) is 16.4 Å². The lowest BCUT2D eigenvalue weighted by Gasteiger charge is -2.21. The molecular formula is C18H31N5. The summed E-state index contributed by atoms with van der Waals surface area (Å²) in [5, 5.41) is 7.13. The fraction of sp³-hybridized carbons (Fsp3) is 0.778. The van der Waals surface area contributed by atoms with Crippen LogP contribution in [-0.2, 0) is 0 Å². The number of aromatic nitrogens is 2. The average Bonchev–Trinajstić information content (AvgIpc) is 2.96. The summed E-state index contributed by atoms with van der Waals surface area (Å²) in [5.41, 5.74) is 7.03. The molecule has 5 nitrogen and oxygen atoms in total. The van der Waals surface area contributed by atoms with Crippen LogP contribution < -0.4 is 16.4 Å². The van der Waals surface area contributed by atoms with Crippen molar-refractivity contribution in [1.29, 1.82) is 0 Å². The van der Waals surface area contributed by atoms with Gasteiger partial charge in [0.05, 0.1) is 0 Å². The number of nitrogen functional groups attached to an aromatic ring is 1. The van der Waals surface area contributed by atoms with E-state index in [1.807, 2.05) is 0 Å². The molecule has 0 saturated heterocycles. The highest BCUT2D eigenvalue weighted by atomic mass is 15.1. The summed E-state index contributed by atoms with van der Waals surface area (Å²) in [5.74, 6) is 1.62. The van der Waals surface area contributed by atoms with Crippen LogP contribution in [0.25, 0.3) is 0 Å². The minimum Gasteiger partial charge on any atom is -0.393 e. The fourth-order valence-electron chi connectivity index (χ4n) is 3.86. The van der Waals surface area contributed by atoms with Crippen molar-refractivity contribution in [3.05, 3.63) is 6.33 Å². The highest BCUT2D eigenvalue weighted by Gasteiger charge is 2.18. The van der Waals surface area contributed by atoms with E-state index in [-0.39, 0.29) is 0 Å². The number of hydrogen-bond donors (Lipinski definition) is 3. The van der Waals surface area contributed by atoms with Crippen LogP contribution in [0.2, 0.25) is 0 Å². The smallest absolute Gasteiger partial charge is 0.155 e. The Hall–Kier alpha value is -1.52. The molecule has 0 unspecified atom stereocenters. The summed E-state index contributed by atoms with van der Waals surface area (Å²) in [4.78, 5) is 8.78. The van der Waals surface area contributed by atoms with E-state index in [2.05, 4.69) is 20.6 Å². The molecule has 0 radical (unpaired) electrons. The Morgan fingerprint density at radius 3 is 1.48 bits per heavy atom. The molecule has 128 valence electrons. The monoisotopic (exact) mass is 317 g/mol. The van der Waals surface area contributed by atoms with Crippen LogP contribution in [0, 0.1) is 0 Å². The number of nitrogens with one attached hydrogen (secondary N) is 2. The van der Waals surface area contributed by atoms with Gasteiger partial charge in [0.2, 0.25) is 0 Å². The highest BCUT2D eigenvalue weighted by Crippen LogP contribution is 2.28. The zero-order valence-electron chi connectivity index (χ0n) is 14.2. The van der Waals surface area contributed by atoms with Gasteiger partial charge in [0, 0.05) is 12.1 Å². The van der Waals surface area contributed by atoms with E-state index in [0.717, 1.165) is 11.6 Å². The summed E-state index contributed by atoms with van der Waals surface area (Å²) >= 11 is 0. The fourth-order valence-corrected chi connectivity index (χ4v) is 3.86. The Morgan fingerprint density at radius 1 is 0.696 bits per heavy atom. The Morgan fingerprint density at radius 2 is 1.09 bits per heavy atom. The van der Waals surface area contributed by atoms with E-state index >= 15 is 0 Å². The molecule has 23 heavy (non-hydrogen) atoms. The topological polar surface area (TPSA) is 75.9 Å². The van der Waals surface area contributed by atoms with Gasteiger partial charge in [-0.1, -0.05) is 51.4 Å². The third kappa shape index (κ3) is 4.72. The Balaban J connectivity index is 1.64. The van der Waals surface area contributed by atoms with Gasteiger partial charge < -0.3 is 16.4 Å². The summed E-state index contributed by atoms with van der Waals surface area (Å²) in [6.07, 6.45) is 17.1. The van der Waals surface area contributed by atoms with Crippen molar-refractivity contribution < 1.29 is 0 Å². The van der Waals surface area contributed by atoms with E-state index in [1.165, 1.54) is 77.0 Å². The Bertz CT molecular complexity index is 434. The van der Waals surface area contributed by atoms with E-state index in [1.54, 1.807) is 6.33 Å². The van der Waals surface area contributed by atoms with Crippen LogP contribution in [0.1, 0.15) is 77.0 Å². The van der Waals surface area contributed by atoms with Gasteiger partial charge in [0.25, 0.3) is 0 Å². The molecule has 0 amide bonds. The van der Waals surface area contributed by atoms with Gasteiger partial charge in [-0.3, -0.25) is 0 Å². The van der Waals surface area contributed by atoms with Crippen LogP contribution in [0.3, 0.4) is 0 Å². The maximum absolute atomic E-state index is 6.35. The van der Waals surface area contributed by atoms with Gasteiger partial charge in [-0.2, -0.15) is 0 Å². The lowest BCUT2D eigenvalue weighted by molar-refractivity contribution is 0.614. The SMILES string of the molecule is Nc1c(NC2CCCCCC2)ncnc1NC1CCCCCC1. The maximum atomic E-state index is 6.35. The molecule has 2 saturated carbocycles. The van der Waals surface area contributed by atoms with E-state index in [0.29, 0.717) is 17.8 Å². The first-order valence-electron chi connectivity index (χ1n) is 9.46. The first-order chi connectivity index (χ1) is 11.3. The second-order valence-corrected chi connectivity index (χ2v) is 7.15. The molecule has 0 atom stereocenters. The van der Waals surface area contributed by atoms with Crippen molar-refractivity contribution >= 4 is 17.3 Å². The number of anilines is 3. The van der Waals surface area contributed by atoms with Gasteiger partial charge in [0.1, 0.15) is 12.0 Å². The predicted octanol–water partition coefficient (Wildman–Crippen LogP) is 4.33. The molecule has 1 aromatic rings. The summed E-state index contributed by atoms with van der Waals surface area (Å²) in [7, 11) is 0. The normalized spacial score (nSPS) is 21.4. The number of nitrogens with two attached hydrogens (primary N) is 1. The third-order valence-electron chi connectivity index (χ3n) is 5.28. The first-order valence-corrected chi connectivity index (χ1v) is 9.46. The second-order valence-electron chi connectivity index (χ2n) is 7.15. The Labute approximate surface area is 139 Å². The van der Waals surface area contributed by atoms with Crippen molar-refractivity contribution in [1.82, 2.24) is 9.97 Å². The molecule has 3 rings (SSSR count). The molecule has 2 aliphatic carbocycles. The van der Waals surface area contributed by atoms with E-state index in [9.17, 15) is 0 Å². The molecule has 0 aromatic carbocycles. The molecule has 2 aliphatic rings. The number of nitrogens with zero attached hydrogens (tertiary/aromatic N) is 2. The van der Waals surface area contributed by atoms with Crippen molar-refractivity contribution in [3.8, 4) is 0 Å². The highest BCUT2D eigenvalue weighted by molar-refractivity contribution is 5.74. The largest absolute Gasteiger partial charge is 0.393 e. The van der Waals surface area contributed by atoms with Crippen molar-refractivity contribution in [3.63, 3.8) is 0 Å². The predicted molar refractivity (Wildman–Crippen MR) is 96.7 cm³/mol. The van der Waals surface area contributed by atoms with Crippen LogP contribution >= 0.6 is 0 Å². The molecule has 0 aliphatic heterocycles. The van der Waals surface area contributed by atoms with Gasteiger partial charge in [-0.25, -0.2) is 9.97 Å². The van der Waals surface area contributed by atoms with Crippen molar-refractivity contribution in [2.24, 2.45) is 0 Å². The van der Waals surface area contributed by atoms with E-state index < -0.39 is 0 Å². The minimum atomic E-state index is 0.500. The third-order valence-corrected chi connectivity index (χ3v) is 5.28. The molecule has 0 spiro atoms. The zero-order chi connectivity index (χ0) is 15.9. The average molecular weight is 317 g/mol. The summed E-state index contributed by atoms with van der Waals surface area (Å²) < 4.78 is 0. The molecule has 1 aromatic heterocycles. The van der Waals surface area contributed by atoms with Gasteiger partial charge >= 0.3 is 0 Å². The van der Waals surface area contributed by atoms with Crippen molar-refractivity contribution in [2.45, 2.75) is 89.1 Å². The van der Waals surface area contributed by atoms with Crippen LogP contribution in [0.15, 0.2) is 6.33 Å². The molecule has 4 N–H and O–H groups in total. The van der Waals surface area contributed by atoms with E-state index in [4.69, 9.17) is 5.73 Å². The lowest BCUT2D eigenvalue weighted by atomic mass is 10.1. The summed E-state index contributed by atoms with van der Waals surface area (Å²) in [6.45, 7) is 0. The first kappa shape index (κ1) is 16.3. The van der Waals surface area contributed by atoms with Crippen LogP contribution in [-0.4, -0.2) is 22.1 Å². The van der Waals surface area contributed by atoms with Gasteiger partial charge in [-0.05, 0) is 25.7 Å². The lowest BCUT2D eigenvalue weighted by Crippen LogP contribution is -2.23. The number of rotatable bonds is 4. The zero-order valence-corrected chi connectivity index (χ0v) is 14.2. The summed E-state index contributed by atoms with van der Waals surface area (Å²) in [6, 6.07) is 1.00. The van der Waals surface area contributed by atoms with Crippen LogP contribution in [0.4, 0.5) is 17.3 Å². The molecule has 2 fully saturated rings. The van der Waals surface area contributed by atoms with Crippen LogP contribution in [0.5, 0.6) is 0 Å². The quantitative estimate of drug-likeness (QED) is 0.721. The molecule has 1 heterocycles.